The van der Waals surface area contributed by atoms with Gasteiger partial charge in [0.15, 0.2) is 0 Å². The lowest BCUT2D eigenvalue weighted by atomic mass is 9.67. The Bertz CT molecular complexity index is 1350. The molecule has 0 spiro atoms. The van der Waals surface area contributed by atoms with Gasteiger partial charge in [0.25, 0.3) is 0 Å². The van der Waals surface area contributed by atoms with Gasteiger partial charge in [-0.2, -0.15) is 0 Å². The first kappa shape index (κ1) is 17.4. The number of aromatic nitrogens is 1. The number of benzene rings is 4. The van der Waals surface area contributed by atoms with E-state index >= 15 is 0 Å². The van der Waals surface area contributed by atoms with Crippen LogP contribution >= 0.6 is 11.6 Å². The summed E-state index contributed by atoms with van der Waals surface area (Å²) in [5, 5.41) is 3.18. The number of hydrogen-bond donors (Lipinski definition) is 0. The zero-order chi connectivity index (χ0) is 20.1. The smallest absolute Gasteiger partial charge is 0.0721 e. The van der Waals surface area contributed by atoms with E-state index in [1.54, 1.807) is 0 Å². The van der Waals surface area contributed by atoms with Crippen LogP contribution in [0, 0.1) is 0 Å². The van der Waals surface area contributed by atoms with Gasteiger partial charge in [-0.15, -0.1) is 0 Å². The summed E-state index contributed by atoms with van der Waals surface area (Å²) in [6.07, 6.45) is 3.76. The van der Waals surface area contributed by atoms with Crippen LogP contribution in [0.5, 0.6) is 0 Å². The molecule has 1 aliphatic rings. The Morgan fingerprint density at radius 1 is 0.667 bits per heavy atom. The van der Waals surface area contributed by atoms with Crippen molar-refractivity contribution in [3.05, 3.63) is 137 Å². The Balaban J connectivity index is 1.91. The third-order valence-electron chi connectivity index (χ3n) is 6.30. The SMILES string of the molecule is Clc1cc2ccccc2c2c1-c1ccccc1C2(c1ccccc1)c1ccncc1. The molecule has 1 heterocycles. The second-order valence-electron chi connectivity index (χ2n) is 7.73. The number of rotatable bonds is 2. The van der Waals surface area contributed by atoms with Crippen molar-refractivity contribution in [1.82, 2.24) is 4.98 Å². The molecule has 6 rings (SSSR count). The molecule has 30 heavy (non-hydrogen) atoms. The molecule has 5 aromatic rings. The van der Waals surface area contributed by atoms with E-state index in [2.05, 4.69) is 102 Å². The third-order valence-corrected chi connectivity index (χ3v) is 6.59. The summed E-state index contributed by atoms with van der Waals surface area (Å²) in [5.41, 5.74) is 6.81. The molecule has 0 fully saturated rings. The topological polar surface area (TPSA) is 12.9 Å². The highest BCUT2D eigenvalue weighted by atomic mass is 35.5. The van der Waals surface area contributed by atoms with Crippen LogP contribution < -0.4 is 0 Å². The molecule has 0 saturated carbocycles. The van der Waals surface area contributed by atoms with Gasteiger partial charge in [0.05, 0.1) is 5.41 Å². The molecular formula is C28H18ClN. The van der Waals surface area contributed by atoms with Crippen LogP contribution in [0.1, 0.15) is 22.3 Å². The second kappa shape index (κ2) is 6.55. The molecule has 142 valence electrons. The summed E-state index contributed by atoms with van der Waals surface area (Å²) in [7, 11) is 0. The van der Waals surface area contributed by atoms with Crippen LogP contribution in [0.15, 0.2) is 109 Å². The molecule has 0 amide bonds. The van der Waals surface area contributed by atoms with Gasteiger partial charge in [-0.1, -0.05) is 90.5 Å². The number of fused-ring (bicyclic) bond motifs is 5. The zero-order valence-electron chi connectivity index (χ0n) is 16.2. The summed E-state index contributed by atoms with van der Waals surface area (Å²) in [6, 6.07) is 34.3. The van der Waals surface area contributed by atoms with Gasteiger partial charge < -0.3 is 0 Å². The molecular weight excluding hydrogens is 386 g/mol. The van der Waals surface area contributed by atoms with Gasteiger partial charge in [-0.05, 0) is 56.8 Å². The quantitative estimate of drug-likeness (QED) is 0.296. The molecule has 0 aliphatic heterocycles. The summed E-state index contributed by atoms with van der Waals surface area (Å²) in [4.78, 5) is 4.31. The molecule has 0 bridgehead atoms. The molecule has 0 N–H and O–H groups in total. The van der Waals surface area contributed by atoms with Gasteiger partial charge >= 0.3 is 0 Å². The van der Waals surface area contributed by atoms with E-state index in [1.165, 1.54) is 33.2 Å². The molecule has 4 aromatic carbocycles. The van der Waals surface area contributed by atoms with Crippen LogP contribution in [0.3, 0.4) is 0 Å². The van der Waals surface area contributed by atoms with Crippen molar-refractivity contribution < 1.29 is 0 Å². The lowest BCUT2D eigenvalue weighted by molar-refractivity contribution is 0.773. The maximum Gasteiger partial charge on any atom is 0.0721 e. The van der Waals surface area contributed by atoms with Gasteiger partial charge in [0.1, 0.15) is 0 Å². The average Bonchev–Trinajstić information content (AvgIpc) is 3.13. The molecule has 0 saturated heterocycles. The van der Waals surface area contributed by atoms with Crippen molar-refractivity contribution in [2.75, 3.05) is 0 Å². The van der Waals surface area contributed by atoms with Gasteiger partial charge in [-0.3, -0.25) is 4.98 Å². The number of nitrogens with zero attached hydrogens (tertiary/aromatic N) is 1. The standard InChI is InChI=1S/C28H18ClN/c29-25-18-19-8-4-5-11-22(19)27-26(25)23-12-6-7-13-24(23)28(27,20-9-2-1-3-10-20)21-14-16-30-17-15-21/h1-18H. The maximum absolute atomic E-state index is 6.97. The second-order valence-corrected chi connectivity index (χ2v) is 8.13. The maximum atomic E-state index is 6.97. The van der Waals surface area contributed by atoms with E-state index in [9.17, 15) is 0 Å². The number of hydrogen-bond acceptors (Lipinski definition) is 1. The van der Waals surface area contributed by atoms with Crippen molar-refractivity contribution in [2.24, 2.45) is 0 Å². The largest absolute Gasteiger partial charge is 0.265 e. The van der Waals surface area contributed by atoms with E-state index < -0.39 is 5.41 Å². The summed E-state index contributed by atoms with van der Waals surface area (Å²) in [5.74, 6) is 0. The van der Waals surface area contributed by atoms with Crippen LogP contribution in [0.25, 0.3) is 21.9 Å². The minimum atomic E-state index is -0.458. The minimum Gasteiger partial charge on any atom is -0.265 e. The lowest BCUT2D eigenvalue weighted by Crippen LogP contribution is -2.28. The number of halogens is 1. The minimum absolute atomic E-state index is 0.458. The van der Waals surface area contributed by atoms with E-state index in [0.717, 1.165) is 16.0 Å². The van der Waals surface area contributed by atoms with Crippen LogP contribution in [-0.4, -0.2) is 4.98 Å². The van der Waals surface area contributed by atoms with E-state index in [4.69, 9.17) is 11.6 Å². The van der Waals surface area contributed by atoms with Crippen molar-refractivity contribution in [3.63, 3.8) is 0 Å². The predicted molar refractivity (Wildman–Crippen MR) is 124 cm³/mol. The van der Waals surface area contributed by atoms with Crippen molar-refractivity contribution in [3.8, 4) is 11.1 Å². The highest BCUT2D eigenvalue weighted by Gasteiger charge is 2.47. The highest BCUT2D eigenvalue weighted by molar-refractivity contribution is 6.35. The van der Waals surface area contributed by atoms with E-state index in [-0.39, 0.29) is 0 Å². The summed E-state index contributed by atoms with van der Waals surface area (Å²) >= 11 is 6.97. The van der Waals surface area contributed by atoms with Crippen LogP contribution in [0.2, 0.25) is 5.02 Å². The van der Waals surface area contributed by atoms with Crippen LogP contribution in [-0.2, 0) is 5.41 Å². The fourth-order valence-electron chi connectivity index (χ4n) is 5.19. The van der Waals surface area contributed by atoms with Gasteiger partial charge in [0, 0.05) is 23.0 Å². The first-order valence-electron chi connectivity index (χ1n) is 10.1. The molecule has 1 nitrogen and oxygen atoms in total. The molecule has 1 unspecified atom stereocenters. The van der Waals surface area contributed by atoms with Crippen LogP contribution in [0.4, 0.5) is 0 Å². The molecule has 0 radical (unpaired) electrons. The molecule has 1 atom stereocenters. The fourth-order valence-corrected chi connectivity index (χ4v) is 5.50. The first-order chi connectivity index (χ1) is 14.8. The van der Waals surface area contributed by atoms with E-state index in [0.29, 0.717) is 0 Å². The first-order valence-corrected chi connectivity index (χ1v) is 10.5. The Kier molecular flexibility index (Phi) is 3.81. The molecule has 1 aliphatic carbocycles. The number of pyridine rings is 1. The Hall–Kier alpha value is -3.42. The normalized spacial score (nSPS) is 17.0. The van der Waals surface area contributed by atoms with Crippen molar-refractivity contribution in [2.45, 2.75) is 5.41 Å². The highest BCUT2D eigenvalue weighted by Crippen LogP contribution is 2.59. The molecule has 1 aromatic heterocycles. The monoisotopic (exact) mass is 403 g/mol. The van der Waals surface area contributed by atoms with Crippen molar-refractivity contribution >= 4 is 22.4 Å². The fraction of sp³-hybridized carbons (Fsp3) is 0.0357. The Morgan fingerprint density at radius 2 is 1.33 bits per heavy atom. The summed E-state index contributed by atoms with van der Waals surface area (Å²) < 4.78 is 0. The lowest BCUT2D eigenvalue weighted by Gasteiger charge is -2.34. The Morgan fingerprint density at radius 3 is 2.17 bits per heavy atom. The third kappa shape index (κ3) is 2.21. The average molecular weight is 404 g/mol. The van der Waals surface area contributed by atoms with Gasteiger partial charge in [0.2, 0.25) is 0 Å². The van der Waals surface area contributed by atoms with E-state index in [1.807, 2.05) is 12.4 Å². The predicted octanol–water partition coefficient (Wildman–Crippen LogP) is 7.25. The zero-order valence-corrected chi connectivity index (χ0v) is 17.0. The van der Waals surface area contributed by atoms with Crippen molar-refractivity contribution in [1.29, 1.82) is 0 Å². The summed E-state index contributed by atoms with van der Waals surface area (Å²) in [6.45, 7) is 0. The van der Waals surface area contributed by atoms with Gasteiger partial charge in [-0.25, -0.2) is 0 Å². The molecule has 2 heteroatoms. The Labute approximate surface area is 180 Å².